The molecule has 7 heteroatoms. The van der Waals surface area contributed by atoms with Gasteiger partial charge in [0.05, 0.1) is 36.4 Å². The molecule has 2 aromatic carbocycles. The molecule has 146 valence electrons. The van der Waals surface area contributed by atoms with Gasteiger partial charge in [0, 0.05) is 23.9 Å². The Morgan fingerprint density at radius 3 is 2.17 bits per heavy atom. The first-order valence-corrected chi connectivity index (χ1v) is 8.88. The van der Waals surface area contributed by atoms with Gasteiger partial charge in [-0.05, 0) is 12.1 Å². The maximum absolute atomic E-state index is 12.9. The summed E-state index contributed by atoms with van der Waals surface area (Å²) in [5, 5.41) is 1.97. The van der Waals surface area contributed by atoms with Crippen molar-refractivity contribution in [2.45, 2.75) is 0 Å². The molecule has 29 heavy (non-hydrogen) atoms. The van der Waals surface area contributed by atoms with Gasteiger partial charge in [-0.25, -0.2) is 9.59 Å². The van der Waals surface area contributed by atoms with E-state index in [0.29, 0.717) is 27.6 Å². The number of aryl methyl sites for hydroxylation is 1. The van der Waals surface area contributed by atoms with E-state index in [1.165, 1.54) is 14.2 Å². The summed E-state index contributed by atoms with van der Waals surface area (Å²) in [7, 11) is 4.17. The van der Waals surface area contributed by atoms with Crippen LogP contribution in [0.15, 0.2) is 59.4 Å². The van der Waals surface area contributed by atoms with Crippen molar-refractivity contribution < 1.29 is 19.1 Å². The Hall–Kier alpha value is -3.87. The number of aromatic nitrogens is 2. The first kappa shape index (κ1) is 18.5. The predicted octanol–water partition coefficient (Wildman–Crippen LogP) is 2.67. The van der Waals surface area contributed by atoms with Crippen LogP contribution in [-0.4, -0.2) is 35.1 Å². The molecule has 2 heterocycles. The fourth-order valence-electron chi connectivity index (χ4n) is 3.70. The highest BCUT2D eigenvalue weighted by atomic mass is 16.5. The van der Waals surface area contributed by atoms with Gasteiger partial charge in [-0.3, -0.25) is 13.8 Å². The first-order valence-electron chi connectivity index (χ1n) is 8.88. The Kier molecular flexibility index (Phi) is 4.43. The van der Waals surface area contributed by atoms with Gasteiger partial charge in [0.25, 0.3) is 5.56 Å². The number of hydrogen-bond acceptors (Lipinski definition) is 5. The molecule has 0 saturated carbocycles. The Morgan fingerprint density at radius 1 is 0.897 bits per heavy atom. The lowest BCUT2D eigenvalue weighted by Crippen LogP contribution is -2.20. The minimum Gasteiger partial charge on any atom is -0.466 e. The summed E-state index contributed by atoms with van der Waals surface area (Å²) < 4.78 is 13.0. The molecular weight excluding hydrogens is 372 g/mol. The maximum atomic E-state index is 12.9. The molecule has 0 N–H and O–H groups in total. The summed E-state index contributed by atoms with van der Waals surface area (Å²) in [6, 6.07) is 14.5. The number of fused-ring (bicyclic) bond motifs is 5. The van der Waals surface area contributed by atoms with Gasteiger partial charge in [-0.1, -0.05) is 36.4 Å². The number of hydrogen-bond donors (Lipinski definition) is 0. The Balaban J connectivity index is 2.33. The zero-order valence-corrected chi connectivity index (χ0v) is 16.1. The van der Waals surface area contributed by atoms with Gasteiger partial charge >= 0.3 is 11.9 Å². The standard InChI is InChI=1S/C22H18N2O5/c1-23-20-14-9-5-4-8-13(14)19(16(22(27)29-3)12-18(25)28-2)24(20)17-11-7-6-10-15(17)21(23)26/h4-12H,1-3H3/b16-12+. The first-order chi connectivity index (χ1) is 14.0. The smallest absolute Gasteiger partial charge is 0.340 e. The number of rotatable bonds is 3. The van der Waals surface area contributed by atoms with Crippen LogP contribution in [0.4, 0.5) is 0 Å². The van der Waals surface area contributed by atoms with E-state index in [1.807, 2.05) is 34.7 Å². The number of para-hydroxylation sites is 1. The monoisotopic (exact) mass is 390 g/mol. The van der Waals surface area contributed by atoms with Crippen LogP contribution < -0.4 is 5.56 Å². The third-order valence-corrected chi connectivity index (χ3v) is 4.98. The number of esters is 2. The maximum Gasteiger partial charge on any atom is 0.340 e. The lowest BCUT2D eigenvalue weighted by atomic mass is 10.1. The highest BCUT2D eigenvalue weighted by Gasteiger charge is 2.25. The Bertz CT molecular complexity index is 1390. The van der Waals surface area contributed by atoms with Crippen LogP contribution in [0.3, 0.4) is 0 Å². The summed E-state index contributed by atoms with van der Waals surface area (Å²) in [5.74, 6) is -1.36. The minimum absolute atomic E-state index is 0.0411. The Labute approximate surface area is 165 Å². The SMILES string of the molecule is COC(=O)/C=C(/C(=O)OC)c1c2ccccc2c2n(C)c(=O)c3ccccc3n12. The van der Waals surface area contributed by atoms with Crippen molar-refractivity contribution in [2.75, 3.05) is 14.2 Å². The molecule has 0 unspecified atom stereocenters. The molecule has 0 aliphatic rings. The fraction of sp³-hybridized carbons (Fsp3) is 0.136. The van der Waals surface area contributed by atoms with Gasteiger partial charge in [0.1, 0.15) is 5.65 Å². The highest BCUT2D eigenvalue weighted by Crippen LogP contribution is 2.33. The number of benzene rings is 2. The Morgan fingerprint density at radius 2 is 1.52 bits per heavy atom. The van der Waals surface area contributed by atoms with Crippen molar-refractivity contribution >= 4 is 44.8 Å². The van der Waals surface area contributed by atoms with E-state index < -0.39 is 11.9 Å². The van der Waals surface area contributed by atoms with E-state index in [2.05, 4.69) is 0 Å². The van der Waals surface area contributed by atoms with Gasteiger partial charge in [0.2, 0.25) is 0 Å². The molecular formula is C22H18N2O5. The molecule has 4 rings (SSSR count). The molecule has 0 bridgehead atoms. The molecule has 0 amide bonds. The topological polar surface area (TPSA) is 79.0 Å². The van der Waals surface area contributed by atoms with E-state index >= 15 is 0 Å². The number of methoxy groups -OCH3 is 2. The summed E-state index contributed by atoms with van der Waals surface area (Å²) in [4.78, 5) is 37.6. The second-order valence-electron chi connectivity index (χ2n) is 6.51. The lowest BCUT2D eigenvalue weighted by Gasteiger charge is -2.12. The van der Waals surface area contributed by atoms with Gasteiger partial charge in [0.15, 0.2) is 0 Å². The number of carbonyl (C=O) groups is 2. The van der Waals surface area contributed by atoms with Gasteiger partial charge in [-0.15, -0.1) is 0 Å². The molecule has 0 saturated heterocycles. The third-order valence-electron chi connectivity index (χ3n) is 4.98. The van der Waals surface area contributed by atoms with E-state index in [4.69, 9.17) is 9.47 Å². The van der Waals surface area contributed by atoms with Crippen LogP contribution in [0.5, 0.6) is 0 Å². The average Bonchev–Trinajstić information content (AvgIpc) is 3.10. The van der Waals surface area contributed by atoms with E-state index in [-0.39, 0.29) is 11.1 Å². The van der Waals surface area contributed by atoms with Crippen molar-refractivity contribution in [3.8, 4) is 0 Å². The van der Waals surface area contributed by atoms with Crippen LogP contribution in [0.2, 0.25) is 0 Å². The van der Waals surface area contributed by atoms with Crippen molar-refractivity contribution in [1.82, 2.24) is 8.97 Å². The second kappa shape index (κ2) is 6.94. The van der Waals surface area contributed by atoms with Crippen molar-refractivity contribution in [1.29, 1.82) is 0 Å². The van der Waals surface area contributed by atoms with Crippen molar-refractivity contribution in [3.05, 3.63) is 70.7 Å². The quantitative estimate of drug-likeness (QED) is 0.397. The van der Waals surface area contributed by atoms with Gasteiger partial charge < -0.3 is 9.47 Å². The molecule has 0 aliphatic carbocycles. The molecule has 4 aromatic rings. The van der Waals surface area contributed by atoms with E-state index in [9.17, 15) is 14.4 Å². The number of carbonyl (C=O) groups excluding carboxylic acids is 2. The van der Waals surface area contributed by atoms with Crippen LogP contribution in [0.25, 0.3) is 32.9 Å². The largest absolute Gasteiger partial charge is 0.466 e. The molecule has 7 nitrogen and oxygen atoms in total. The van der Waals surface area contributed by atoms with Crippen molar-refractivity contribution in [3.63, 3.8) is 0 Å². The lowest BCUT2D eigenvalue weighted by molar-refractivity contribution is -0.136. The summed E-state index contributed by atoms with van der Waals surface area (Å²) in [6.07, 6.45) is 1.11. The molecule has 0 atom stereocenters. The number of ether oxygens (including phenoxy) is 2. The van der Waals surface area contributed by atoms with E-state index in [0.717, 1.165) is 11.5 Å². The van der Waals surface area contributed by atoms with Crippen LogP contribution in [0, 0.1) is 0 Å². The summed E-state index contributed by atoms with van der Waals surface area (Å²) in [5.41, 5.74) is 1.58. The molecule has 0 aliphatic heterocycles. The van der Waals surface area contributed by atoms with Crippen LogP contribution in [0.1, 0.15) is 5.69 Å². The van der Waals surface area contributed by atoms with Crippen LogP contribution >= 0.6 is 0 Å². The molecule has 2 aromatic heterocycles. The average molecular weight is 390 g/mol. The zero-order chi connectivity index (χ0) is 20.7. The predicted molar refractivity (Wildman–Crippen MR) is 110 cm³/mol. The third kappa shape index (κ3) is 2.70. The minimum atomic E-state index is -0.682. The summed E-state index contributed by atoms with van der Waals surface area (Å²) in [6.45, 7) is 0. The zero-order valence-electron chi connectivity index (χ0n) is 16.1. The van der Waals surface area contributed by atoms with Crippen molar-refractivity contribution in [2.24, 2.45) is 7.05 Å². The second-order valence-corrected chi connectivity index (χ2v) is 6.51. The number of nitrogens with zero attached hydrogens (tertiary/aromatic N) is 2. The summed E-state index contributed by atoms with van der Waals surface area (Å²) >= 11 is 0. The normalized spacial score (nSPS) is 11.9. The highest BCUT2D eigenvalue weighted by molar-refractivity contribution is 6.24. The van der Waals surface area contributed by atoms with E-state index in [1.54, 1.807) is 29.8 Å². The molecule has 0 spiro atoms. The molecule has 0 radical (unpaired) electrons. The molecule has 0 fully saturated rings. The van der Waals surface area contributed by atoms with Crippen LogP contribution in [-0.2, 0) is 26.1 Å². The fourth-order valence-corrected chi connectivity index (χ4v) is 3.70. The van der Waals surface area contributed by atoms with Gasteiger partial charge in [-0.2, -0.15) is 0 Å².